The quantitative estimate of drug-likeness (QED) is 0.844. The number of benzene rings is 1. The van der Waals surface area contributed by atoms with Crippen LogP contribution in [0.1, 0.15) is 31.9 Å². The molecule has 0 aliphatic rings. The highest BCUT2D eigenvalue weighted by atomic mass is 16.5. The summed E-state index contributed by atoms with van der Waals surface area (Å²) in [5.74, 6) is 0.852. The summed E-state index contributed by atoms with van der Waals surface area (Å²) in [6, 6.07) is 5.96. The predicted molar refractivity (Wildman–Crippen MR) is 75.2 cm³/mol. The van der Waals surface area contributed by atoms with E-state index in [0.29, 0.717) is 13.2 Å². The molecule has 0 saturated carbocycles. The molecule has 1 aromatic carbocycles. The smallest absolute Gasteiger partial charge is 0.122 e. The Labute approximate surface area is 110 Å². The molecule has 102 valence electrons. The van der Waals surface area contributed by atoms with Gasteiger partial charge in [0.2, 0.25) is 0 Å². The van der Waals surface area contributed by atoms with E-state index in [0.717, 1.165) is 11.3 Å². The molecule has 3 nitrogen and oxygen atoms in total. The third-order valence-corrected chi connectivity index (χ3v) is 2.85. The number of aliphatic hydroxyl groups is 1. The molecular weight excluding hydrogens is 226 g/mol. The lowest BCUT2D eigenvalue weighted by atomic mass is 10.1. The highest BCUT2D eigenvalue weighted by Crippen LogP contribution is 2.20. The Hall–Kier alpha value is -1.06. The molecule has 0 aliphatic carbocycles. The van der Waals surface area contributed by atoms with Gasteiger partial charge in [-0.3, -0.25) is 0 Å². The number of ether oxygens (including phenoxy) is 1. The van der Waals surface area contributed by atoms with Crippen LogP contribution in [0.2, 0.25) is 0 Å². The van der Waals surface area contributed by atoms with Crippen molar-refractivity contribution < 1.29 is 9.84 Å². The number of β-amino-alcohol motifs (C(OH)–C–C–N with tert-alkyl or cyclic N) is 1. The Balaban J connectivity index is 2.43. The van der Waals surface area contributed by atoms with Crippen molar-refractivity contribution in [1.29, 1.82) is 0 Å². The second-order valence-corrected chi connectivity index (χ2v) is 5.79. The summed E-state index contributed by atoms with van der Waals surface area (Å²) in [6.45, 7) is 11.2. The fourth-order valence-corrected chi connectivity index (χ4v) is 1.55. The molecule has 0 heterocycles. The van der Waals surface area contributed by atoms with Crippen molar-refractivity contribution in [3.63, 3.8) is 0 Å². The van der Waals surface area contributed by atoms with Crippen molar-refractivity contribution in [2.75, 3.05) is 13.2 Å². The number of aryl methyl sites for hydroxylation is 1. The van der Waals surface area contributed by atoms with Crippen LogP contribution in [0.15, 0.2) is 18.2 Å². The zero-order valence-electron chi connectivity index (χ0n) is 12.1. The van der Waals surface area contributed by atoms with Crippen LogP contribution in [0, 0.1) is 13.8 Å². The lowest BCUT2D eigenvalue weighted by molar-refractivity contribution is 0.0997. The normalized spacial score (nSPS) is 13.4. The van der Waals surface area contributed by atoms with Crippen LogP contribution >= 0.6 is 0 Å². The van der Waals surface area contributed by atoms with Crippen molar-refractivity contribution in [3.8, 4) is 5.75 Å². The maximum absolute atomic E-state index is 9.85. The van der Waals surface area contributed by atoms with E-state index < -0.39 is 6.10 Å². The highest BCUT2D eigenvalue weighted by molar-refractivity contribution is 5.38. The molecule has 3 heteroatoms. The predicted octanol–water partition coefficient (Wildman–Crippen LogP) is 2.43. The third-order valence-electron chi connectivity index (χ3n) is 2.85. The van der Waals surface area contributed by atoms with E-state index in [4.69, 9.17) is 4.74 Å². The Morgan fingerprint density at radius 2 is 1.94 bits per heavy atom. The SMILES string of the molecule is Cc1cccc(OC[C@@H](O)CNC(C)(C)C)c1C. The van der Waals surface area contributed by atoms with Gasteiger partial charge in [0.25, 0.3) is 0 Å². The van der Waals surface area contributed by atoms with Gasteiger partial charge in [-0.05, 0) is 51.8 Å². The molecule has 0 radical (unpaired) electrons. The molecule has 0 aromatic heterocycles. The molecule has 0 amide bonds. The van der Waals surface area contributed by atoms with Crippen LogP contribution in [-0.2, 0) is 0 Å². The number of rotatable bonds is 5. The lowest BCUT2D eigenvalue weighted by Gasteiger charge is -2.23. The molecule has 1 aromatic rings. The number of nitrogens with one attached hydrogen (secondary N) is 1. The number of aliphatic hydroxyl groups excluding tert-OH is 1. The highest BCUT2D eigenvalue weighted by Gasteiger charge is 2.13. The summed E-state index contributed by atoms with van der Waals surface area (Å²) in [4.78, 5) is 0. The summed E-state index contributed by atoms with van der Waals surface area (Å²) in [5.41, 5.74) is 2.35. The fraction of sp³-hybridized carbons (Fsp3) is 0.600. The van der Waals surface area contributed by atoms with E-state index in [9.17, 15) is 5.11 Å². The minimum absolute atomic E-state index is 0.0141. The number of hydrogen-bond donors (Lipinski definition) is 2. The first-order chi connectivity index (χ1) is 8.29. The Morgan fingerprint density at radius 1 is 1.28 bits per heavy atom. The Kier molecular flexibility index (Phi) is 5.17. The van der Waals surface area contributed by atoms with Crippen LogP contribution < -0.4 is 10.1 Å². The van der Waals surface area contributed by atoms with E-state index in [-0.39, 0.29) is 5.54 Å². The average molecular weight is 251 g/mol. The van der Waals surface area contributed by atoms with Crippen molar-refractivity contribution >= 4 is 0 Å². The molecule has 0 bridgehead atoms. The Morgan fingerprint density at radius 3 is 2.56 bits per heavy atom. The second kappa shape index (κ2) is 6.21. The molecule has 1 rings (SSSR count). The van der Waals surface area contributed by atoms with Crippen LogP contribution in [0.3, 0.4) is 0 Å². The van der Waals surface area contributed by atoms with Crippen LogP contribution in [0.25, 0.3) is 0 Å². The van der Waals surface area contributed by atoms with Gasteiger partial charge < -0.3 is 15.2 Å². The van der Waals surface area contributed by atoms with Crippen molar-refractivity contribution in [2.24, 2.45) is 0 Å². The van der Waals surface area contributed by atoms with E-state index in [1.54, 1.807) is 0 Å². The first kappa shape index (κ1) is 15.0. The van der Waals surface area contributed by atoms with Crippen LogP contribution in [-0.4, -0.2) is 29.9 Å². The first-order valence-electron chi connectivity index (χ1n) is 6.42. The molecule has 0 spiro atoms. The van der Waals surface area contributed by atoms with Gasteiger partial charge in [0.05, 0.1) is 0 Å². The molecule has 0 aliphatic heterocycles. The Bertz CT molecular complexity index is 383. The monoisotopic (exact) mass is 251 g/mol. The lowest BCUT2D eigenvalue weighted by Crippen LogP contribution is -2.42. The van der Waals surface area contributed by atoms with Crippen molar-refractivity contribution in [3.05, 3.63) is 29.3 Å². The molecule has 0 unspecified atom stereocenters. The van der Waals surface area contributed by atoms with Gasteiger partial charge in [0, 0.05) is 12.1 Å². The van der Waals surface area contributed by atoms with E-state index >= 15 is 0 Å². The summed E-state index contributed by atoms with van der Waals surface area (Å²) in [6.07, 6.45) is -0.496. The van der Waals surface area contributed by atoms with Gasteiger partial charge in [-0.2, -0.15) is 0 Å². The van der Waals surface area contributed by atoms with Crippen LogP contribution in [0.5, 0.6) is 5.75 Å². The molecule has 2 N–H and O–H groups in total. The van der Waals surface area contributed by atoms with Gasteiger partial charge in [0.1, 0.15) is 18.5 Å². The largest absolute Gasteiger partial charge is 0.491 e. The molecule has 0 fully saturated rings. The second-order valence-electron chi connectivity index (χ2n) is 5.79. The van der Waals surface area contributed by atoms with Crippen LogP contribution in [0.4, 0.5) is 0 Å². The summed E-state index contributed by atoms with van der Waals surface area (Å²) in [7, 11) is 0. The van der Waals surface area contributed by atoms with E-state index in [2.05, 4.69) is 39.1 Å². The minimum atomic E-state index is -0.496. The minimum Gasteiger partial charge on any atom is -0.491 e. The molecule has 1 atom stereocenters. The van der Waals surface area contributed by atoms with Gasteiger partial charge in [-0.25, -0.2) is 0 Å². The van der Waals surface area contributed by atoms with Crippen molar-refractivity contribution in [1.82, 2.24) is 5.32 Å². The summed E-state index contributed by atoms with van der Waals surface area (Å²) >= 11 is 0. The third kappa shape index (κ3) is 5.07. The average Bonchev–Trinajstić information content (AvgIpc) is 2.27. The van der Waals surface area contributed by atoms with E-state index in [1.807, 2.05) is 19.1 Å². The standard InChI is InChI=1S/C15H25NO2/c1-11-7-6-8-14(12(11)2)18-10-13(17)9-16-15(3,4)5/h6-8,13,16-17H,9-10H2,1-5H3/t13-/m0/s1. The zero-order chi connectivity index (χ0) is 13.8. The topological polar surface area (TPSA) is 41.5 Å². The fourth-order valence-electron chi connectivity index (χ4n) is 1.55. The van der Waals surface area contributed by atoms with Gasteiger partial charge >= 0.3 is 0 Å². The van der Waals surface area contributed by atoms with E-state index in [1.165, 1.54) is 5.56 Å². The summed E-state index contributed by atoms with van der Waals surface area (Å²) < 4.78 is 5.65. The number of hydrogen-bond acceptors (Lipinski definition) is 3. The summed E-state index contributed by atoms with van der Waals surface area (Å²) in [5, 5.41) is 13.1. The van der Waals surface area contributed by atoms with Gasteiger partial charge in [-0.15, -0.1) is 0 Å². The first-order valence-corrected chi connectivity index (χ1v) is 6.42. The van der Waals surface area contributed by atoms with Gasteiger partial charge in [-0.1, -0.05) is 12.1 Å². The maximum Gasteiger partial charge on any atom is 0.122 e. The maximum atomic E-state index is 9.85. The zero-order valence-corrected chi connectivity index (χ0v) is 12.1. The molecule has 18 heavy (non-hydrogen) atoms. The van der Waals surface area contributed by atoms with Crippen molar-refractivity contribution in [2.45, 2.75) is 46.3 Å². The molecular formula is C15H25NO2. The molecule has 0 saturated heterocycles. The van der Waals surface area contributed by atoms with Gasteiger partial charge in [0.15, 0.2) is 0 Å².